The first-order chi connectivity index (χ1) is 9.32. The highest BCUT2D eigenvalue weighted by molar-refractivity contribution is 5.14. The molecule has 0 saturated heterocycles. The molecule has 1 aromatic rings. The molecule has 2 fully saturated rings. The monoisotopic (exact) mass is 255 g/mol. The molecular weight excluding hydrogens is 234 g/mol. The maximum atomic E-state index is 9.46. The Bertz CT molecular complexity index is 450. The van der Waals surface area contributed by atoms with Crippen molar-refractivity contribution in [2.75, 3.05) is 0 Å². The number of hydrogen-bond acceptors (Lipinski definition) is 2. The van der Waals surface area contributed by atoms with Gasteiger partial charge in [0.1, 0.15) is 0 Å². The minimum Gasteiger partial charge on any atom is -0.374 e. The van der Waals surface area contributed by atoms with Crippen LogP contribution in [0.4, 0.5) is 0 Å². The highest BCUT2D eigenvalue weighted by Gasteiger charge is 2.48. The molecule has 100 valence electrons. The Hall–Kier alpha value is -1.33. The lowest BCUT2D eigenvalue weighted by Gasteiger charge is -2.43. The predicted molar refractivity (Wildman–Crippen MR) is 74.3 cm³/mol. The van der Waals surface area contributed by atoms with Crippen LogP contribution in [-0.2, 0) is 11.3 Å². The Labute approximate surface area is 115 Å². The van der Waals surface area contributed by atoms with E-state index in [1.807, 2.05) is 18.2 Å². The van der Waals surface area contributed by atoms with Crippen LogP contribution < -0.4 is 0 Å². The standard InChI is InChI=1S/C17H21NO/c18-13-17(8-4-5-9-17)15-10-16(11-15)19-12-14-6-2-1-3-7-14/h1-3,6-7,15-16H,4-5,8-12H2. The van der Waals surface area contributed by atoms with E-state index in [2.05, 4.69) is 18.2 Å². The highest BCUT2D eigenvalue weighted by Crippen LogP contribution is 2.52. The molecule has 0 aromatic heterocycles. The minimum absolute atomic E-state index is 0.00733. The molecule has 0 heterocycles. The van der Waals surface area contributed by atoms with Gasteiger partial charge < -0.3 is 4.74 Å². The zero-order chi connectivity index (χ0) is 13.1. The number of benzene rings is 1. The largest absolute Gasteiger partial charge is 0.374 e. The van der Waals surface area contributed by atoms with Crippen molar-refractivity contribution >= 4 is 0 Å². The maximum Gasteiger partial charge on any atom is 0.0720 e. The highest BCUT2D eigenvalue weighted by atomic mass is 16.5. The summed E-state index contributed by atoms with van der Waals surface area (Å²) < 4.78 is 5.93. The first-order valence-corrected chi connectivity index (χ1v) is 7.39. The van der Waals surface area contributed by atoms with E-state index in [9.17, 15) is 5.26 Å². The first-order valence-electron chi connectivity index (χ1n) is 7.39. The molecule has 2 aliphatic rings. The van der Waals surface area contributed by atoms with Crippen molar-refractivity contribution in [3.63, 3.8) is 0 Å². The van der Waals surface area contributed by atoms with Crippen LogP contribution in [0.3, 0.4) is 0 Å². The van der Waals surface area contributed by atoms with Crippen LogP contribution in [0.5, 0.6) is 0 Å². The summed E-state index contributed by atoms with van der Waals surface area (Å²) in [7, 11) is 0. The maximum absolute atomic E-state index is 9.46. The van der Waals surface area contributed by atoms with Gasteiger partial charge in [-0.1, -0.05) is 43.2 Å². The third kappa shape index (κ3) is 2.53. The fourth-order valence-electron chi connectivity index (χ4n) is 3.56. The smallest absolute Gasteiger partial charge is 0.0720 e. The zero-order valence-corrected chi connectivity index (χ0v) is 11.3. The average Bonchev–Trinajstić information content (AvgIpc) is 2.88. The molecule has 0 spiro atoms. The van der Waals surface area contributed by atoms with E-state index >= 15 is 0 Å². The van der Waals surface area contributed by atoms with E-state index in [-0.39, 0.29) is 5.41 Å². The predicted octanol–water partition coefficient (Wildman–Crippen LogP) is 4.07. The van der Waals surface area contributed by atoms with E-state index < -0.39 is 0 Å². The van der Waals surface area contributed by atoms with Gasteiger partial charge in [0.2, 0.25) is 0 Å². The van der Waals surface area contributed by atoms with Gasteiger partial charge >= 0.3 is 0 Å². The fraction of sp³-hybridized carbons (Fsp3) is 0.588. The lowest BCUT2D eigenvalue weighted by molar-refractivity contribution is -0.0679. The lowest BCUT2D eigenvalue weighted by Crippen LogP contribution is -2.41. The molecule has 2 aliphatic carbocycles. The second-order valence-corrected chi connectivity index (χ2v) is 6.06. The number of nitriles is 1. The quantitative estimate of drug-likeness (QED) is 0.812. The van der Waals surface area contributed by atoms with Gasteiger partial charge in [0, 0.05) is 0 Å². The molecule has 19 heavy (non-hydrogen) atoms. The van der Waals surface area contributed by atoms with E-state index in [1.165, 1.54) is 18.4 Å². The minimum atomic E-state index is -0.00733. The molecule has 2 saturated carbocycles. The summed E-state index contributed by atoms with van der Waals surface area (Å²) in [6.45, 7) is 0.706. The molecule has 0 atom stereocenters. The molecule has 2 nitrogen and oxygen atoms in total. The summed E-state index contributed by atoms with van der Waals surface area (Å²) in [5.74, 6) is 0.584. The van der Waals surface area contributed by atoms with Crippen LogP contribution in [0.2, 0.25) is 0 Å². The molecule has 0 N–H and O–H groups in total. The molecule has 0 aliphatic heterocycles. The third-order valence-corrected chi connectivity index (χ3v) is 4.92. The van der Waals surface area contributed by atoms with Crippen molar-refractivity contribution in [2.24, 2.45) is 11.3 Å². The van der Waals surface area contributed by atoms with Gasteiger partial charge in [0.15, 0.2) is 0 Å². The van der Waals surface area contributed by atoms with Crippen molar-refractivity contribution < 1.29 is 4.74 Å². The summed E-state index contributed by atoms with van der Waals surface area (Å²) in [5, 5.41) is 9.46. The van der Waals surface area contributed by atoms with Gasteiger partial charge in [0.05, 0.1) is 24.2 Å². The van der Waals surface area contributed by atoms with E-state index in [1.54, 1.807) is 0 Å². The van der Waals surface area contributed by atoms with E-state index in [4.69, 9.17) is 4.74 Å². The van der Waals surface area contributed by atoms with Crippen LogP contribution in [0, 0.1) is 22.7 Å². The third-order valence-electron chi connectivity index (χ3n) is 4.92. The topological polar surface area (TPSA) is 33.0 Å². The summed E-state index contributed by atoms with van der Waals surface area (Å²) >= 11 is 0. The Balaban J connectivity index is 1.47. The zero-order valence-electron chi connectivity index (χ0n) is 11.3. The lowest BCUT2D eigenvalue weighted by atomic mass is 9.63. The van der Waals surface area contributed by atoms with E-state index in [0.29, 0.717) is 18.6 Å². The molecule has 3 rings (SSSR count). The van der Waals surface area contributed by atoms with Crippen molar-refractivity contribution in [3.05, 3.63) is 35.9 Å². The normalized spacial score (nSPS) is 28.6. The van der Waals surface area contributed by atoms with Crippen molar-refractivity contribution in [1.29, 1.82) is 5.26 Å². The molecular formula is C17H21NO. The number of hydrogen-bond donors (Lipinski definition) is 0. The van der Waals surface area contributed by atoms with Crippen LogP contribution >= 0.6 is 0 Å². The molecule has 0 radical (unpaired) electrons. The van der Waals surface area contributed by atoms with Crippen LogP contribution in [0.25, 0.3) is 0 Å². The number of ether oxygens (including phenoxy) is 1. The average molecular weight is 255 g/mol. The van der Waals surface area contributed by atoms with Crippen LogP contribution in [0.15, 0.2) is 30.3 Å². The Morgan fingerprint density at radius 2 is 1.84 bits per heavy atom. The molecule has 0 bridgehead atoms. The van der Waals surface area contributed by atoms with Gasteiger partial charge in [-0.25, -0.2) is 0 Å². The Kier molecular flexibility index (Phi) is 3.57. The summed E-state index contributed by atoms with van der Waals surface area (Å²) in [6.07, 6.45) is 7.23. The van der Waals surface area contributed by atoms with Gasteiger partial charge in [0.25, 0.3) is 0 Å². The Morgan fingerprint density at radius 3 is 2.47 bits per heavy atom. The SMILES string of the molecule is N#CC1(C2CC(OCc3ccccc3)C2)CCCC1. The second-order valence-electron chi connectivity index (χ2n) is 6.06. The van der Waals surface area contributed by atoms with Crippen molar-refractivity contribution in [2.45, 2.75) is 51.2 Å². The van der Waals surface area contributed by atoms with E-state index in [0.717, 1.165) is 25.7 Å². The molecule has 0 unspecified atom stereocenters. The second kappa shape index (κ2) is 5.35. The summed E-state index contributed by atoms with van der Waals surface area (Å²) in [6, 6.07) is 12.9. The first kappa shape index (κ1) is 12.7. The number of rotatable bonds is 4. The summed E-state index contributed by atoms with van der Waals surface area (Å²) in [5.41, 5.74) is 1.23. The molecule has 2 heteroatoms. The van der Waals surface area contributed by atoms with Gasteiger partial charge in [-0.3, -0.25) is 0 Å². The number of nitrogens with zero attached hydrogens (tertiary/aromatic N) is 1. The Morgan fingerprint density at radius 1 is 1.16 bits per heavy atom. The van der Waals surface area contributed by atoms with Crippen LogP contribution in [0.1, 0.15) is 44.1 Å². The van der Waals surface area contributed by atoms with Crippen molar-refractivity contribution in [3.8, 4) is 6.07 Å². The molecule has 1 aromatic carbocycles. The van der Waals surface area contributed by atoms with Crippen LogP contribution in [-0.4, -0.2) is 6.10 Å². The van der Waals surface area contributed by atoms with Gasteiger partial charge in [-0.2, -0.15) is 5.26 Å². The van der Waals surface area contributed by atoms with Gasteiger partial charge in [-0.05, 0) is 37.2 Å². The van der Waals surface area contributed by atoms with Crippen molar-refractivity contribution in [1.82, 2.24) is 0 Å². The fourth-order valence-corrected chi connectivity index (χ4v) is 3.56. The van der Waals surface area contributed by atoms with Gasteiger partial charge in [-0.15, -0.1) is 0 Å². The summed E-state index contributed by atoms with van der Waals surface area (Å²) in [4.78, 5) is 0. The molecule has 0 amide bonds.